The van der Waals surface area contributed by atoms with Crippen LogP contribution in [-0.4, -0.2) is 28.9 Å². The Kier molecular flexibility index (Phi) is 5.24. The van der Waals surface area contributed by atoms with Crippen LogP contribution in [0.4, 0.5) is 0 Å². The molecular weight excluding hydrogens is 306 g/mol. The molecule has 0 bridgehead atoms. The van der Waals surface area contributed by atoms with Gasteiger partial charge in [0.2, 0.25) is 0 Å². The molecule has 2 heterocycles. The Morgan fingerprint density at radius 1 is 1.33 bits per heavy atom. The maximum atomic E-state index is 12.7. The van der Waals surface area contributed by atoms with Crippen molar-refractivity contribution in [2.24, 2.45) is 5.41 Å². The average Bonchev–Trinajstić information content (AvgIpc) is 3.04. The Morgan fingerprint density at radius 3 is 2.62 bits per heavy atom. The molecule has 1 N–H and O–H groups in total. The summed E-state index contributed by atoms with van der Waals surface area (Å²) >= 11 is 0. The zero-order chi connectivity index (χ0) is 17.7. The fourth-order valence-electron chi connectivity index (χ4n) is 2.40. The van der Waals surface area contributed by atoms with Gasteiger partial charge in [0.05, 0.1) is 24.4 Å². The maximum absolute atomic E-state index is 12.7. The van der Waals surface area contributed by atoms with Gasteiger partial charge in [0, 0.05) is 13.1 Å². The van der Waals surface area contributed by atoms with Crippen molar-refractivity contribution < 1.29 is 9.21 Å². The lowest BCUT2D eigenvalue weighted by Gasteiger charge is -2.29. The summed E-state index contributed by atoms with van der Waals surface area (Å²) in [6.07, 6.45) is 1.74. The molecule has 2 rings (SSSR count). The lowest BCUT2D eigenvalue weighted by molar-refractivity contribution is 0.0698. The number of H-pyrrole nitrogens is 1. The smallest absolute Gasteiger partial charge is 0.261 e. The number of amides is 1. The van der Waals surface area contributed by atoms with E-state index in [1.54, 1.807) is 23.1 Å². The van der Waals surface area contributed by atoms with Crippen molar-refractivity contribution in [1.82, 2.24) is 9.88 Å². The number of aromatic amines is 1. The van der Waals surface area contributed by atoms with Crippen LogP contribution in [0.15, 0.2) is 39.7 Å². The number of nitriles is 1. The minimum atomic E-state index is -0.468. The van der Waals surface area contributed by atoms with Gasteiger partial charge in [0.1, 0.15) is 11.3 Å². The van der Waals surface area contributed by atoms with Gasteiger partial charge >= 0.3 is 0 Å². The van der Waals surface area contributed by atoms with Crippen molar-refractivity contribution in [3.8, 4) is 17.5 Å². The molecule has 0 radical (unpaired) electrons. The fourth-order valence-corrected chi connectivity index (χ4v) is 2.40. The number of hydrogen-bond acceptors (Lipinski definition) is 4. The van der Waals surface area contributed by atoms with E-state index in [0.29, 0.717) is 24.5 Å². The van der Waals surface area contributed by atoms with E-state index in [0.717, 1.165) is 0 Å². The number of aromatic nitrogens is 1. The molecule has 1 amide bonds. The predicted molar refractivity (Wildman–Crippen MR) is 90.4 cm³/mol. The monoisotopic (exact) mass is 327 g/mol. The second-order valence-electron chi connectivity index (χ2n) is 6.79. The summed E-state index contributed by atoms with van der Waals surface area (Å²) in [5.41, 5.74) is -0.0235. The van der Waals surface area contributed by atoms with Crippen LogP contribution in [-0.2, 0) is 0 Å². The number of nitrogens with one attached hydrogen (secondary N) is 1. The van der Waals surface area contributed by atoms with Crippen molar-refractivity contribution in [2.45, 2.75) is 27.2 Å². The van der Waals surface area contributed by atoms with Crippen LogP contribution in [0.2, 0.25) is 0 Å². The van der Waals surface area contributed by atoms with Crippen LogP contribution >= 0.6 is 0 Å². The van der Waals surface area contributed by atoms with E-state index in [-0.39, 0.29) is 23.3 Å². The number of hydrogen-bond donors (Lipinski definition) is 1. The third kappa shape index (κ3) is 4.35. The Balaban J connectivity index is 2.29. The van der Waals surface area contributed by atoms with Gasteiger partial charge in [-0.25, -0.2) is 0 Å². The van der Waals surface area contributed by atoms with Crippen molar-refractivity contribution >= 4 is 5.91 Å². The predicted octanol–water partition coefficient (Wildman–Crippen LogP) is 3.04. The van der Waals surface area contributed by atoms with Crippen LogP contribution in [0.25, 0.3) is 11.5 Å². The summed E-state index contributed by atoms with van der Waals surface area (Å²) in [7, 11) is 0. The fraction of sp³-hybridized carbons (Fsp3) is 0.389. The summed E-state index contributed by atoms with van der Waals surface area (Å²) in [4.78, 5) is 29.3. The molecule has 0 aliphatic heterocycles. The third-order valence-electron chi connectivity index (χ3n) is 3.37. The summed E-state index contributed by atoms with van der Waals surface area (Å²) in [5.74, 6) is 0.162. The molecule has 24 heavy (non-hydrogen) atoms. The highest BCUT2D eigenvalue weighted by Crippen LogP contribution is 2.18. The minimum absolute atomic E-state index is 0.0625. The molecule has 0 saturated heterocycles. The second kappa shape index (κ2) is 7.18. The molecule has 0 aliphatic carbocycles. The van der Waals surface area contributed by atoms with E-state index in [1.165, 1.54) is 12.3 Å². The van der Waals surface area contributed by atoms with E-state index < -0.39 is 5.56 Å². The first-order valence-corrected chi connectivity index (χ1v) is 7.75. The first kappa shape index (κ1) is 17.5. The lowest BCUT2D eigenvalue weighted by atomic mass is 9.95. The molecule has 2 aromatic rings. The summed E-state index contributed by atoms with van der Waals surface area (Å²) in [6.45, 7) is 6.77. The van der Waals surface area contributed by atoms with Crippen molar-refractivity contribution in [3.63, 3.8) is 0 Å². The van der Waals surface area contributed by atoms with E-state index >= 15 is 0 Å². The Morgan fingerprint density at radius 2 is 2.08 bits per heavy atom. The summed E-state index contributed by atoms with van der Waals surface area (Å²) in [5, 5.41) is 8.80. The molecular formula is C18H21N3O3. The highest BCUT2D eigenvalue weighted by Gasteiger charge is 2.24. The van der Waals surface area contributed by atoms with Gasteiger partial charge in [-0.15, -0.1) is 0 Å². The van der Waals surface area contributed by atoms with Gasteiger partial charge < -0.3 is 14.3 Å². The van der Waals surface area contributed by atoms with E-state index in [4.69, 9.17) is 9.68 Å². The molecule has 126 valence electrons. The van der Waals surface area contributed by atoms with E-state index in [2.05, 4.69) is 4.98 Å². The molecule has 2 aromatic heterocycles. The second-order valence-corrected chi connectivity index (χ2v) is 6.79. The van der Waals surface area contributed by atoms with Gasteiger partial charge in [0.15, 0.2) is 0 Å². The Bertz CT molecular complexity index is 792. The van der Waals surface area contributed by atoms with E-state index in [9.17, 15) is 9.59 Å². The van der Waals surface area contributed by atoms with Crippen LogP contribution in [0, 0.1) is 16.7 Å². The number of furan rings is 1. The zero-order valence-electron chi connectivity index (χ0n) is 14.1. The maximum Gasteiger partial charge on any atom is 0.261 e. The van der Waals surface area contributed by atoms with Gasteiger partial charge in [0.25, 0.3) is 11.5 Å². The Hall–Kier alpha value is -2.81. The molecule has 0 unspecified atom stereocenters. The standard InChI is InChI=1S/C18H21N3O3/c1-18(2,3)12-21(10-5-9-19)17(23)13-7-8-14(20-16(13)22)15-6-4-11-24-15/h4,6-8,11H,5,10,12H2,1-3H3,(H,20,22). The zero-order valence-corrected chi connectivity index (χ0v) is 14.1. The third-order valence-corrected chi connectivity index (χ3v) is 3.37. The quantitative estimate of drug-likeness (QED) is 0.914. The highest BCUT2D eigenvalue weighted by atomic mass is 16.3. The van der Waals surface area contributed by atoms with Gasteiger partial charge in [-0.3, -0.25) is 9.59 Å². The number of carbonyl (C=O) groups excluding carboxylic acids is 1. The highest BCUT2D eigenvalue weighted by molar-refractivity contribution is 5.94. The number of pyridine rings is 1. The SMILES string of the molecule is CC(C)(C)CN(CCC#N)C(=O)c1ccc(-c2ccco2)[nH]c1=O. The van der Waals surface area contributed by atoms with Crippen molar-refractivity contribution in [1.29, 1.82) is 5.26 Å². The van der Waals surface area contributed by atoms with Crippen LogP contribution in [0.1, 0.15) is 37.6 Å². The molecule has 0 atom stereocenters. The summed E-state index contributed by atoms with van der Waals surface area (Å²) in [6, 6.07) is 8.64. The Labute approximate surface area is 140 Å². The average molecular weight is 327 g/mol. The van der Waals surface area contributed by atoms with Gasteiger partial charge in [-0.05, 0) is 29.7 Å². The van der Waals surface area contributed by atoms with Gasteiger partial charge in [-0.1, -0.05) is 20.8 Å². The molecule has 0 fully saturated rings. The van der Waals surface area contributed by atoms with Crippen LogP contribution in [0.3, 0.4) is 0 Å². The first-order chi connectivity index (χ1) is 11.3. The molecule has 0 spiro atoms. The first-order valence-electron chi connectivity index (χ1n) is 7.75. The molecule has 0 saturated carbocycles. The lowest BCUT2D eigenvalue weighted by Crippen LogP contribution is -2.40. The van der Waals surface area contributed by atoms with Crippen molar-refractivity contribution in [2.75, 3.05) is 13.1 Å². The summed E-state index contributed by atoms with van der Waals surface area (Å²) < 4.78 is 5.24. The largest absolute Gasteiger partial charge is 0.463 e. The molecule has 0 aliphatic rings. The minimum Gasteiger partial charge on any atom is -0.463 e. The normalized spacial score (nSPS) is 11.1. The number of rotatable bonds is 5. The molecule has 6 nitrogen and oxygen atoms in total. The van der Waals surface area contributed by atoms with Crippen LogP contribution in [0.5, 0.6) is 0 Å². The van der Waals surface area contributed by atoms with E-state index in [1.807, 2.05) is 26.8 Å². The van der Waals surface area contributed by atoms with Crippen molar-refractivity contribution in [3.05, 3.63) is 46.4 Å². The number of carbonyl (C=O) groups is 1. The molecule has 6 heteroatoms. The van der Waals surface area contributed by atoms with Crippen LogP contribution < -0.4 is 5.56 Å². The molecule has 0 aromatic carbocycles. The van der Waals surface area contributed by atoms with Gasteiger partial charge in [-0.2, -0.15) is 5.26 Å². The number of nitrogens with zero attached hydrogens (tertiary/aromatic N) is 2. The topological polar surface area (TPSA) is 90.1 Å².